The van der Waals surface area contributed by atoms with Crippen molar-refractivity contribution >= 4 is 22.9 Å². The van der Waals surface area contributed by atoms with Crippen LogP contribution in [0.2, 0.25) is 0 Å². The van der Waals surface area contributed by atoms with E-state index < -0.39 is 0 Å². The summed E-state index contributed by atoms with van der Waals surface area (Å²) >= 11 is 0. The average Bonchev–Trinajstić information content (AvgIpc) is 3.35. The van der Waals surface area contributed by atoms with Crippen molar-refractivity contribution in [1.29, 1.82) is 0 Å². The van der Waals surface area contributed by atoms with Gasteiger partial charge in [-0.25, -0.2) is 9.78 Å². The number of rotatable bonds is 5. The molecule has 1 fully saturated rings. The highest BCUT2D eigenvalue weighted by Crippen LogP contribution is 2.25. The second-order valence-electron chi connectivity index (χ2n) is 9.54. The monoisotopic (exact) mass is 426 g/mol. The van der Waals surface area contributed by atoms with E-state index in [-0.39, 0.29) is 22.8 Å². The highest BCUT2D eigenvalue weighted by molar-refractivity contribution is 5.91. The molecule has 1 aliphatic rings. The molecule has 4 rings (SSSR count). The van der Waals surface area contributed by atoms with Crippen LogP contribution >= 0.6 is 0 Å². The Morgan fingerprint density at radius 3 is 2.81 bits per heavy atom. The summed E-state index contributed by atoms with van der Waals surface area (Å²) in [5, 5.41) is 6.50. The summed E-state index contributed by atoms with van der Waals surface area (Å²) in [5.41, 5.74) is 1.51. The van der Waals surface area contributed by atoms with Gasteiger partial charge in [0.1, 0.15) is 5.82 Å². The van der Waals surface area contributed by atoms with Crippen molar-refractivity contribution < 1.29 is 9.32 Å². The lowest BCUT2D eigenvalue weighted by Gasteiger charge is -2.33. The van der Waals surface area contributed by atoms with Gasteiger partial charge in [-0.2, -0.15) is 0 Å². The third kappa shape index (κ3) is 4.50. The summed E-state index contributed by atoms with van der Waals surface area (Å²) in [6.45, 7) is 9.27. The van der Waals surface area contributed by atoms with Crippen molar-refractivity contribution in [3.05, 3.63) is 40.6 Å². The molecule has 0 radical (unpaired) electrons. The minimum absolute atomic E-state index is 0.00693. The maximum atomic E-state index is 12.8. The van der Waals surface area contributed by atoms with Crippen LogP contribution in [0.15, 0.2) is 33.7 Å². The first-order chi connectivity index (χ1) is 14.7. The van der Waals surface area contributed by atoms with Gasteiger partial charge in [-0.1, -0.05) is 25.9 Å². The van der Waals surface area contributed by atoms with Gasteiger partial charge in [-0.05, 0) is 36.3 Å². The van der Waals surface area contributed by atoms with Gasteiger partial charge in [-0.3, -0.25) is 13.9 Å². The van der Waals surface area contributed by atoms with Gasteiger partial charge in [-0.15, -0.1) is 0 Å². The Hall–Kier alpha value is -3.10. The predicted molar refractivity (Wildman–Crippen MR) is 118 cm³/mol. The first-order valence-corrected chi connectivity index (χ1v) is 10.7. The number of carbonyl (C=O) groups is 1. The van der Waals surface area contributed by atoms with Gasteiger partial charge in [0.2, 0.25) is 5.76 Å². The standard InChI is InChI=1S/C22H30N6O3/c1-22(2,3)14-28-16-7-8-18(25-19(16)26(4)21(28)30)27-11-5-6-15(13-27)12-23-20(29)17-9-10-24-31-17/h7-10,15H,5-6,11-14H2,1-4H3,(H,23,29). The molecule has 3 aromatic rings. The molecule has 0 saturated carbocycles. The van der Waals surface area contributed by atoms with Gasteiger partial charge < -0.3 is 14.7 Å². The van der Waals surface area contributed by atoms with Gasteiger partial charge in [0.25, 0.3) is 5.91 Å². The molecule has 1 saturated heterocycles. The van der Waals surface area contributed by atoms with Crippen molar-refractivity contribution in [2.45, 2.75) is 40.2 Å². The number of piperidine rings is 1. The molecule has 3 aromatic heterocycles. The van der Waals surface area contributed by atoms with E-state index in [1.165, 1.54) is 6.20 Å². The van der Waals surface area contributed by atoms with E-state index in [1.807, 2.05) is 16.7 Å². The van der Waals surface area contributed by atoms with Crippen LogP contribution < -0.4 is 15.9 Å². The number of amides is 1. The number of hydrogen-bond acceptors (Lipinski definition) is 6. The van der Waals surface area contributed by atoms with Crippen molar-refractivity contribution in [1.82, 2.24) is 24.6 Å². The van der Waals surface area contributed by atoms with E-state index in [0.29, 0.717) is 24.7 Å². The molecule has 166 valence electrons. The van der Waals surface area contributed by atoms with Crippen molar-refractivity contribution in [2.24, 2.45) is 18.4 Å². The Kier molecular flexibility index (Phi) is 5.60. The Morgan fingerprint density at radius 1 is 1.29 bits per heavy atom. The maximum absolute atomic E-state index is 12.8. The van der Waals surface area contributed by atoms with E-state index in [1.54, 1.807) is 17.7 Å². The molecular formula is C22H30N6O3. The fourth-order valence-electron chi connectivity index (χ4n) is 4.16. The van der Waals surface area contributed by atoms with Crippen LogP contribution in [-0.2, 0) is 13.6 Å². The molecule has 0 aromatic carbocycles. The zero-order chi connectivity index (χ0) is 22.2. The highest BCUT2D eigenvalue weighted by Gasteiger charge is 2.24. The number of imidazole rings is 1. The Bertz CT molecular complexity index is 1120. The fraction of sp³-hybridized carbons (Fsp3) is 0.545. The number of aromatic nitrogens is 4. The van der Waals surface area contributed by atoms with Crippen molar-refractivity contribution in [3.63, 3.8) is 0 Å². The van der Waals surface area contributed by atoms with E-state index in [0.717, 1.165) is 37.3 Å². The molecule has 1 amide bonds. The van der Waals surface area contributed by atoms with Gasteiger partial charge in [0.15, 0.2) is 5.65 Å². The lowest BCUT2D eigenvalue weighted by Crippen LogP contribution is -2.41. The second-order valence-corrected chi connectivity index (χ2v) is 9.54. The zero-order valence-electron chi connectivity index (χ0n) is 18.6. The summed E-state index contributed by atoms with van der Waals surface area (Å²) in [7, 11) is 1.78. The summed E-state index contributed by atoms with van der Waals surface area (Å²) < 4.78 is 8.35. The van der Waals surface area contributed by atoms with E-state index in [9.17, 15) is 9.59 Å². The Balaban J connectivity index is 1.49. The lowest BCUT2D eigenvalue weighted by atomic mass is 9.97. The molecule has 1 aliphatic heterocycles. The molecule has 1 unspecified atom stereocenters. The second kappa shape index (κ2) is 8.20. The largest absolute Gasteiger partial charge is 0.356 e. The highest BCUT2D eigenvalue weighted by atomic mass is 16.5. The number of nitrogens with one attached hydrogen (secondary N) is 1. The van der Waals surface area contributed by atoms with Crippen molar-refractivity contribution in [2.75, 3.05) is 24.5 Å². The number of pyridine rings is 1. The first-order valence-electron chi connectivity index (χ1n) is 10.7. The Labute approximate surface area is 181 Å². The van der Waals surface area contributed by atoms with E-state index in [2.05, 4.69) is 36.1 Å². The van der Waals surface area contributed by atoms with Crippen LogP contribution in [0, 0.1) is 11.3 Å². The molecule has 0 aliphatic carbocycles. The smallest absolute Gasteiger partial charge is 0.330 e. The van der Waals surface area contributed by atoms with Crippen LogP contribution in [0.5, 0.6) is 0 Å². The molecule has 4 heterocycles. The summed E-state index contributed by atoms with van der Waals surface area (Å²) in [6.07, 6.45) is 3.52. The molecule has 1 atom stereocenters. The maximum Gasteiger partial charge on any atom is 0.330 e. The average molecular weight is 427 g/mol. The summed E-state index contributed by atoms with van der Waals surface area (Å²) in [5.74, 6) is 1.15. The third-order valence-electron chi connectivity index (χ3n) is 5.65. The molecule has 31 heavy (non-hydrogen) atoms. The Morgan fingerprint density at radius 2 is 2.10 bits per heavy atom. The minimum Gasteiger partial charge on any atom is -0.356 e. The van der Waals surface area contributed by atoms with Gasteiger partial charge in [0.05, 0.1) is 11.7 Å². The quantitative estimate of drug-likeness (QED) is 0.673. The first kappa shape index (κ1) is 21.1. The fourth-order valence-corrected chi connectivity index (χ4v) is 4.16. The lowest BCUT2D eigenvalue weighted by molar-refractivity contribution is 0.0908. The van der Waals surface area contributed by atoms with Crippen LogP contribution in [0.1, 0.15) is 44.2 Å². The molecule has 0 bridgehead atoms. The zero-order valence-corrected chi connectivity index (χ0v) is 18.6. The number of carbonyl (C=O) groups excluding carboxylic acids is 1. The van der Waals surface area contributed by atoms with Crippen molar-refractivity contribution in [3.8, 4) is 0 Å². The van der Waals surface area contributed by atoms with Gasteiger partial charge in [0, 0.05) is 39.3 Å². The normalized spacial score (nSPS) is 17.3. The molecule has 9 nitrogen and oxygen atoms in total. The SMILES string of the molecule is Cn1c(=O)n(CC(C)(C)C)c2ccc(N3CCCC(CNC(=O)c4ccno4)C3)nc21. The number of nitrogens with zero attached hydrogens (tertiary/aromatic N) is 5. The number of fused-ring (bicyclic) bond motifs is 1. The third-order valence-corrected chi connectivity index (χ3v) is 5.65. The number of hydrogen-bond donors (Lipinski definition) is 1. The summed E-state index contributed by atoms with van der Waals surface area (Å²) in [4.78, 5) is 32.0. The van der Waals surface area contributed by atoms with E-state index in [4.69, 9.17) is 9.51 Å². The van der Waals surface area contributed by atoms with Crippen LogP contribution in [0.3, 0.4) is 0 Å². The topological polar surface area (TPSA) is 98.2 Å². The van der Waals surface area contributed by atoms with E-state index >= 15 is 0 Å². The van der Waals surface area contributed by atoms with Gasteiger partial charge >= 0.3 is 5.69 Å². The van der Waals surface area contributed by atoms with Crippen LogP contribution in [-0.4, -0.2) is 44.8 Å². The minimum atomic E-state index is -0.246. The summed E-state index contributed by atoms with van der Waals surface area (Å²) in [6, 6.07) is 5.55. The van der Waals surface area contributed by atoms with Crippen LogP contribution in [0.25, 0.3) is 11.2 Å². The number of aryl methyl sites for hydroxylation is 1. The molecule has 1 N–H and O–H groups in total. The predicted octanol–water partition coefficient (Wildman–Crippen LogP) is 2.42. The molecule has 0 spiro atoms. The number of anilines is 1. The van der Waals surface area contributed by atoms with Crippen LogP contribution in [0.4, 0.5) is 5.82 Å². The molecular weight excluding hydrogens is 396 g/mol. The molecule has 9 heteroatoms.